The lowest BCUT2D eigenvalue weighted by molar-refractivity contribution is -0.167. The highest BCUT2D eigenvalue weighted by Gasteiger charge is 2.39. The smallest absolute Gasteiger partial charge is 0.332 e. The van der Waals surface area contributed by atoms with Gasteiger partial charge in [0.2, 0.25) is 5.91 Å². The van der Waals surface area contributed by atoms with E-state index in [1.807, 2.05) is 57.2 Å². The van der Waals surface area contributed by atoms with Crippen LogP contribution in [0.25, 0.3) is 11.1 Å². The maximum atomic E-state index is 14.3. The van der Waals surface area contributed by atoms with E-state index in [-0.39, 0.29) is 17.6 Å². The number of rotatable bonds is 11. The van der Waals surface area contributed by atoms with E-state index in [4.69, 9.17) is 9.47 Å². The summed E-state index contributed by atoms with van der Waals surface area (Å²) in [6.45, 7) is 17.0. The average Bonchev–Trinajstić information content (AvgIpc) is 3.54. The van der Waals surface area contributed by atoms with E-state index in [1.54, 1.807) is 63.5 Å². The predicted molar refractivity (Wildman–Crippen MR) is 195 cm³/mol. The number of carbonyl (C=O) groups excluding carboxylic acids is 3. The van der Waals surface area contributed by atoms with Crippen molar-refractivity contribution in [2.75, 3.05) is 0 Å². The minimum absolute atomic E-state index is 0.0674. The number of amides is 2. The van der Waals surface area contributed by atoms with Crippen molar-refractivity contribution < 1.29 is 29.0 Å². The lowest BCUT2D eigenvalue weighted by Gasteiger charge is -2.35. The van der Waals surface area contributed by atoms with Crippen LogP contribution in [0, 0.1) is 0 Å². The van der Waals surface area contributed by atoms with Gasteiger partial charge >= 0.3 is 5.97 Å². The Morgan fingerprint density at radius 1 is 0.780 bits per heavy atom. The van der Waals surface area contributed by atoms with Crippen LogP contribution in [0.1, 0.15) is 94.4 Å². The Hall–Kier alpha value is -4.61. The molecular weight excluding hydrogens is 653 g/mol. The van der Waals surface area contributed by atoms with Gasteiger partial charge in [-0.3, -0.25) is 9.59 Å². The minimum atomic E-state index is -1.27. The van der Waals surface area contributed by atoms with Crippen molar-refractivity contribution in [3.8, 4) is 16.9 Å². The molecule has 2 unspecified atom stereocenters. The number of phenolic OH excluding ortho intramolecular Hbond substituents is 1. The van der Waals surface area contributed by atoms with E-state index in [1.165, 1.54) is 11.3 Å². The van der Waals surface area contributed by atoms with Gasteiger partial charge in [-0.2, -0.15) is 0 Å². The largest absolute Gasteiger partial charge is 0.508 e. The Labute approximate surface area is 298 Å². The molecule has 0 spiro atoms. The molecular formula is C39H48N4O6S. The highest BCUT2D eigenvalue weighted by molar-refractivity contribution is 7.14. The number of aromatic nitrogens is 2. The number of nitrogens with zero attached hydrogens (tertiary/aromatic N) is 2. The highest BCUT2D eigenvalue weighted by atomic mass is 32.1. The quantitative estimate of drug-likeness (QED) is 0.143. The molecule has 2 aromatic heterocycles. The predicted octanol–water partition coefficient (Wildman–Crippen LogP) is 6.93. The Morgan fingerprint density at radius 2 is 1.40 bits per heavy atom. The summed E-state index contributed by atoms with van der Waals surface area (Å²) in [5.41, 5.74) is 0.467. The Morgan fingerprint density at radius 3 is 1.94 bits per heavy atom. The fourth-order valence-electron chi connectivity index (χ4n) is 4.98. The number of hydrogen-bond donors (Lipinski definition) is 3. The zero-order chi connectivity index (χ0) is 36.9. The van der Waals surface area contributed by atoms with Gasteiger partial charge in [-0.1, -0.05) is 63.2 Å². The molecule has 0 saturated heterocycles. The second-order valence-electron chi connectivity index (χ2n) is 15.2. The second kappa shape index (κ2) is 15.5. The lowest BCUT2D eigenvalue weighted by Crippen LogP contribution is -2.56. The first-order chi connectivity index (χ1) is 23.3. The molecule has 0 aliphatic carbocycles. The molecule has 266 valence electrons. The number of phenols is 1. The SMILES string of the molecule is CC(C)(C)OC(=O)C(NC(=O)[C@H](Cc1ncc(-c2ccc(O)cc2)cn1)NC(=O)c1ccc(C(C)(C)C)s1)C(OC(C)(C)C)c1ccccc1. The van der Waals surface area contributed by atoms with Crippen molar-refractivity contribution in [1.29, 1.82) is 0 Å². The number of nitrogens with one attached hydrogen (secondary N) is 2. The molecule has 0 saturated carbocycles. The summed E-state index contributed by atoms with van der Waals surface area (Å²) in [6.07, 6.45) is 2.25. The van der Waals surface area contributed by atoms with Crippen LogP contribution >= 0.6 is 11.3 Å². The number of esters is 1. The van der Waals surface area contributed by atoms with Crippen molar-refractivity contribution >= 4 is 29.1 Å². The molecule has 0 aliphatic heterocycles. The molecule has 3 N–H and O–H groups in total. The summed E-state index contributed by atoms with van der Waals surface area (Å²) in [5.74, 6) is -1.31. The fourth-order valence-corrected chi connectivity index (χ4v) is 5.94. The first-order valence-corrected chi connectivity index (χ1v) is 17.4. The van der Waals surface area contributed by atoms with Crippen LogP contribution in [0.3, 0.4) is 0 Å². The van der Waals surface area contributed by atoms with Crippen LogP contribution in [0.4, 0.5) is 0 Å². The minimum Gasteiger partial charge on any atom is -0.508 e. The molecule has 2 heterocycles. The number of carbonyl (C=O) groups is 3. The Balaban J connectivity index is 1.70. The monoisotopic (exact) mass is 700 g/mol. The third-order valence-electron chi connectivity index (χ3n) is 7.35. The molecule has 11 heteroatoms. The lowest BCUT2D eigenvalue weighted by atomic mass is 9.95. The zero-order valence-electron chi connectivity index (χ0n) is 30.2. The van der Waals surface area contributed by atoms with Crippen LogP contribution in [0.15, 0.2) is 79.1 Å². The normalized spacial score (nSPS) is 13.9. The molecule has 50 heavy (non-hydrogen) atoms. The van der Waals surface area contributed by atoms with E-state index in [0.717, 1.165) is 10.4 Å². The molecule has 3 atom stereocenters. The fraction of sp³-hybridized carbons (Fsp3) is 0.410. The maximum absolute atomic E-state index is 14.3. The molecule has 10 nitrogen and oxygen atoms in total. The Kier molecular flexibility index (Phi) is 11.9. The van der Waals surface area contributed by atoms with Crippen LogP contribution in [0.5, 0.6) is 5.75 Å². The highest BCUT2D eigenvalue weighted by Crippen LogP contribution is 2.31. The third-order valence-corrected chi connectivity index (χ3v) is 8.86. The van der Waals surface area contributed by atoms with Gasteiger partial charge in [0.05, 0.1) is 10.5 Å². The average molecular weight is 701 g/mol. The molecule has 4 rings (SSSR count). The third kappa shape index (κ3) is 10.9. The topological polar surface area (TPSA) is 140 Å². The molecule has 0 aliphatic rings. The van der Waals surface area contributed by atoms with Gasteiger partial charge < -0.3 is 25.2 Å². The number of aromatic hydroxyl groups is 1. The number of hydrogen-bond acceptors (Lipinski definition) is 9. The zero-order valence-corrected chi connectivity index (χ0v) is 31.1. The Bertz CT molecular complexity index is 1750. The molecule has 2 aromatic carbocycles. The molecule has 0 radical (unpaired) electrons. The number of thiophene rings is 1. The number of benzene rings is 2. The van der Waals surface area contributed by atoms with Crippen LogP contribution in [-0.2, 0) is 30.9 Å². The van der Waals surface area contributed by atoms with E-state index < -0.39 is 47.2 Å². The van der Waals surface area contributed by atoms with E-state index >= 15 is 0 Å². The van der Waals surface area contributed by atoms with Crippen molar-refractivity contribution in [2.24, 2.45) is 0 Å². The van der Waals surface area contributed by atoms with Crippen LogP contribution in [0.2, 0.25) is 0 Å². The maximum Gasteiger partial charge on any atom is 0.332 e. The summed E-state index contributed by atoms with van der Waals surface area (Å²) in [4.78, 5) is 52.3. The van der Waals surface area contributed by atoms with Gasteiger partial charge in [0.25, 0.3) is 5.91 Å². The van der Waals surface area contributed by atoms with Gasteiger partial charge in [0.1, 0.15) is 29.3 Å². The first kappa shape index (κ1) is 38.2. The summed E-state index contributed by atoms with van der Waals surface area (Å²) in [5, 5.41) is 15.4. The summed E-state index contributed by atoms with van der Waals surface area (Å²) in [7, 11) is 0. The van der Waals surface area contributed by atoms with Crippen molar-refractivity contribution in [3.05, 3.63) is 100 Å². The second-order valence-corrected chi connectivity index (χ2v) is 16.2. The molecule has 4 aromatic rings. The molecule has 0 fully saturated rings. The van der Waals surface area contributed by atoms with E-state index in [0.29, 0.717) is 21.8 Å². The summed E-state index contributed by atoms with van der Waals surface area (Å²) < 4.78 is 12.2. The molecule has 0 bridgehead atoms. The van der Waals surface area contributed by atoms with Crippen molar-refractivity contribution in [1.82, 2.24) is 20.6 Å². The summed E-state index contributed by atoms with van der Waals surface area (Å²) >= 11 is 1.36. The van der Waals surface area contributed by atoms with Crippen molar-refractivity contribution in [3.63, 3.8) is 0 Å². The van der Waals surface area contributed by atoms with E-state index in [9.17, 15) is 19.5 Å². The first-order valence-electron chi connectivity index (χ1n) is 16.6. The summed E-state index contributed by atoms with van der Waals surface area (Å²) in [6, 6.07) is 17.0. The van der Waals surface area contributed by atoms with Crippen LogP contribution < -0.4 is 10.6 Å². The van der Waals surface area contributed by atoms with E-state index in [2.05, 4.69) is 41.4 Å². The van der Waals surface area contributed by atoms with Gasteiger partial charge in [0, 0.05) is 29.3 Å². The standard InChI is InChI=1S/C39H48N4O6S/c1-37(2,3)30-20-19-29(50-30)35(46)42-28(21-31-40-22-26(23-41-31)24-15-17-27(44)18-16-24)34(45)43-32(36(47)49-39(7,8)9)33(48-38(4,5)6)25-13-11-10-12-14-25/h10-20,22-23,28,32-33,44H,21H2,1-9H3,(H,42,46)(H,43,45)/t28-,32?,33?/m0/s1. The van der Waals surface area contributed by atoms with Gasteiger partial charge in [0.15, 0.2) is 6.04 Å². The van der Waals surface area contributed by atoms with Gasteiger partial charge in [-0.25, -0.2) is 14.8 Å². The van der Waals surface area contributed by atoms with Crippen molar-refractivity contribution in [2.45, 2.75) is 104 Å². The molecule has 2 amide bonds. The van der Waals surface area contributed by atoms with Gasteiger partial charge in [-0.05, 0) is 82.3 Å². The number of ether oxygens (including phenoxy) is 2. The van der Waals surface area contributed by atoms with Gasteiger partial charge in [-0.15, -0.1) is 11.3 Å². The van der Waals surface area contributed by atoms with Crippen LogP contribution in [-0.4, -0.2) is 56.1 Å².